The van der Waals surface area contributed by atoms with Crippen molar-refractivity contribution >= 4 is 0 Å². The van der Waals surface area contributed by atoms with Crippen LogP contribution < -0.4 is 4.74 Å². The van der Waals surface area contributed by atoms with Gasteiger partial charge in [-0.15, -0.1) is 0 Å². The van der Waals surface area contributed by atoms with Gasteiger partial charge in [0, 0.05) is 0 Å². The minimum absolute atomic E-state index is 0.174. The number of benzene rings is 1. The van der Waals surface area contributed by atoms with E-state index in [0.717, 1.165) is 35.8 Å². The predicted octanol–water partition coefficient (Wildman–Crippen LogP) is 3.67. The standard InChI is InChI=1S/C19H26O2/c1-21-17-4-2-3-12(10-17)11-18(20)19-15-6-13-5-14(8-15)9-16(19)7-13/h2-4,10,13-16,18-20H,5-9,11H2,1H3. The molecule has 0 aromatic heterocycles. The summed E-state index contributed by atoms with van der Waals surface area (Å²) in [7, 11) is 1.70. The molecule has 5 rings (SSSR count). The molecule has 114 valence electrons. The van der Waals surface area contributed by atoms with Gasteiger partial charge >= 0.3 is 0 Å². The van der Waals surface area contributed by atoms with Gasteiger partial charge in [0.2, 0.25) is 0 Å². The molecule has 0 radical (unpaired) electrons. The van der Waals surface area contributed by atoms with Crippen LogP contribution >= 0.6 is 0 Å². The molecule has 0 heterocycles. The van der Waals surface area contributed by atoms with Gasteiger partial charge in [0.15, 0.2) is 0 Å². The summed E-state index contributed by atoms with van der Waals surface area (Å²) in [6, 6.07) is 8.18. The number of methoxy groups -OCH3 is 1. The average molecular weight is 286 g/mol. The van der Waals surface area contributed by atoms with Crippen LogP contribution in [-0.4, -0.2) is 18.3 Å². The Morgan fingerprint density at radius 2 is 1.76 bits per heavy atom. The van der Waals surface area contributed by atoms with Crippen molar-refractivity contribution in [3.63, 3.8) is 0 Å². The molecular weight excluding hydrogens is 260 g/mol. The third-order valence-electron chi connectivity index (χ3n) is 6.32. The molecule has 1 aromatic carbocycles. The number of ether oxygens (including phenoxy) is 1. The second-order valence-electron chi connectivity index (χ2n) is 7.63. The molecule has 2 heteroatoms. The van der Waals surface area contributed by atoms with E-state index in [1.165, 1.54) is 37.7 Å². The Bertz CT molecular complexity index is 482. The molecule has 1 N–H and O–H groups in total. The molecule has 0 saturated heterocycles. The number of aliphatic hydroxyl groups excluding tert-OH is 1. The summed E-state index contributed by atoms with van der Waals surface area (Å²) in [4.78, 5) is 0. The quantitative estimate of drug-likeness (QED) is 0.915. The van der Waals surface area contributed by atoms with Gasteiger partial charge in [-0.05, 0) is 85.8 Å². The summed E-state index contributed by atoms with van der Waals surface area (Å²) in [5.74, 6) is 4.98. The summed E-state index contributed by atoms with van der Waals surface area (Å²) >= 11 is 0. The summed E-state index contributed by atoms with van der Waals surface area (Å²) in [6.45, 7) is 0. The fourth-order valence-electron chi connectivity index (χ4n) is 5.77. The van der Waals surface area contributed by atoms with Crippen LogP contribution in [0.2, 0.25) is 0 Å². The molecular formula is C19H26O2. The van der Waals surface area contributed by atoms with Crippen LogP contribution in [0.25, 0.3) is 0 Å². The van der Waals surface area contributed by atoms with E-state index >= 15 is 0 Å². The van der Waals surface area contributed by atoms with Crippen LogP contribution in [0.15, 0.2) is 24.3 Å². The first kappa shape index (κ1) is 13.6. The monoisotopic (exact) mass is 286 g/mol. The van der Waals surface area contributed by atoms with E-state index in [-0.39, 0.29) is 6.10 Å². The maximum Gasteiger partial charge on any atom is 0.119 e. The maximum absolute atomic E-state index is 10.9. The highest BCUT2D eigenvalue weighted by Gasteiger charge is 2.50. The minimum Gasteiger partial charge on any atom is -0.497 e. The van der Waals surface area contributed by atoms with Crippen LogP contribution in [0.4, 0.5) is 0 Å². The molecule has 2 nitrogen and oxygen atoms in total. The normalized spacial score (nSPS) is 38.5. The van der Waals surface area contributed by atoms with E-state index in [1.54, 1.807) is 7.11 Å². The van der Waals surface area contributed by atoms with E-state index < -0.39 is 0 Å². The van der Waals surface area contributed by atoms with Crippen LogP contribution in [-0.2, 0) is 6.42 Å². The van der Waals surface area contributed by atoms with Gasteiger partial charge in [-0.2, -0.15) is 0 Å². The maximum atomic E-state index is 10.9. The molecule has 0 spiro atoms. The van der Waals surface area contributed by atoms with Gasteiger partial charge in [-0.1, -0.05) is 12.1 Å². The lowest BCUT2D eigenvalue weighted by molar-refractivity contribution is -0.0887. The summed E-state index contributed by atoms with van der Waals surface area (Å²) in [6.07, 6.45) is 7.61. The highest BCUT2D eigenvalue weighted by molar-refractivity contribution is 5.29. The predicted molar refractivity (Wildman–Crippen MR) is 83.2 cm³/mol. The van der Waals surface area contributed by atoms with Crippen molar-refractivity contribution in [1.82, 2.24) is 0 Å². The lowest BCUT2D eigenvalue weighted by atomic mass is 9.50. The first-order chi connectivity index (χ1) is 10.2. The topological polar surface area (TPSA) is 29.5 Å². The largest absolute Gasteiger partial charge is 0.497 e. The zero-order valence-electron chi connectivity index (χ0n) is 12.9. The summed E-state index contributed by atoms with van der Waals surface area (Å²) in [5.41, 5.74) is 1.20. The Kier molecular flexibility index (Phi) is 3.45. The van der Waals surface area contributed by atoms with Gasteiger partial charge < -0.3 is 9.84 Å². The van der Waals surface area contributed by atoms with Crippen LogP contribution in [0.3, 0.4) is 0 Å². The Morgan fingerprint density at radius 3 is 2.38 bits per heavy atom. The molecule has 0 aliphatic heterocycles. The van der Waals surface area contributed by atoms with E-state index in [2.05, 4.69) is 12.1 Å². The van der Waals surface area contributed by atoms with Gasteiger partial charge in [0.05, 0.1) is 13.2 Å². The zero-order valence-corrected chi connectivity index (χ0v) is 12.9. The van der Waals surface area contributed by atoms with E-state index in [9.17, 15) is 5.11 Å². The summed E-state index contributed by atoms with van der Waals surface area (Å²) in [5, 5.41) is 10.9. The van der Waals surface area contributed by atoms with E-state index in [1.807, 2.05) is 12.1 Å². The lowest BCUT2D eigenvalue weighted by Crippen LogP contribution is -2.49. The Hall–Kier alpha value is -1.02. The first-order valence-electron chi connectivity index (χ1n) is 8.54. The van der Waals surface area contributed by atoms with Crippen LogP contribution in [0.1, 0.15) is 37.7 Å². The first-order valence-corrected chi connectivity index (χ1v) is 8.54. The van der Waals surface area contributed by atoms with Crippen molar-refractivity contribution in [2.75, 3.05) is 7.11 Å². The molecule has 21 heavy (non-hydrogen) atoms. The molecule has 1 aromatic rings. The SMILES string of the molecule is COc1cccc(CC(O)C2C3CC4CC(C3)CC2C4)c1. The molecule has 1 unspecified atom stereocenters. The van der Waals surface area contributed by atoms with Gasteiger partial charge in [-0.3, -0.25) is 0 Å². The zero-order chi connectivity index (χ0) is 14.4. The van der Waals surface area contributed by atoms with Crippen molar-refractivity contribution < 1.29 is 9.84 Å². The fourth-order valence-corrected chi connectivity index (χ4v) is 5.77. The number of rotatable bonds is 4. The Labute approximate surface area is 127 Å². The molecule has 4 fully saturated rings. The Balaban J connectivity index is 1.48. The third kappa shape index (κ3) is 2.48. The van der Waals surface area contributed by atoms with Crippen molar-refractivity contribution in [2.45, 2.75) is 44.6 Å². The smallest absolute Gasteiger partial charge is 0.119 e. The highest BCUT2D eigenvalue weighted by atomic mass is 16.5. The van der Waals surface area contributed by atoms with Crippen molar-refractivity contribution in [3.05, 3.63) is 29.8 Å². The molecule has 1 atom stereocenters. The molecule has 0 amide bonds. The van der Waals surface area contributed by atoms with Gasteiger partial charge in [0.25, 0.3) is 0 Å². The fraction of sp³-hybridized carbons (Fsp3) is 0.684. The lowest BCUT2D eigenvalue weighted by Gasteiger charge is -2.55. The Morgan fingerprint density at radius 1 is 1.10 bits per heavy atom. The third-order valence-corrected chi connectivity index (χ3v) is 6.32. The number of hydrogen-bond acceptors (Lipinski definition) is 2. The molecule has 4 bridgehead atoms. The van der Waals surface area contributed by atoms with Gasteiger partial charge in [-0.25, -0.2) is 0 Å². The van der Waals surface area contributed by atoms with E-state index in [0.29, 0.717) is 5.92 Å². The van der Waals surface area contributed by atoms with Crippen LogP contribution in [0, 0.1) is 29.6 Å². The second-order valence-corrected chi connectivity index (χ2v) is 7.63. The number of hydrogen-bond donors (Lipinski definition) is 1. The average Bonchev–Trinajstić information content (AvgIpc) is 2.46. The summed E-state index contributed by atoms with van der Waals surface area (Å²) < 4.78 is 5.29. The van der Waals surface area contributed by atoms with Crippen molar-refractivity contribution in [2.24, 2.45) is 29.6 Å². The highest BCUT2D eigenvalue weighted by Crippen LogP contribution is 2.57. The van der Waals surface area contributed by atoms with Crippen molar-refractivity contribution in [3.8, 4) is 5.75 Å². The number of aliphatic hydroxyl groups is 1. The molecule has 4 saturated carbocycles. The minimum atomic E-state index is -0.174. The van der Waals surface area contributed by atoms with Crippen LogP contribution in [0.5, 0.6) is 5.75 Å². The molecule has 4 aliphatic carbocycles. The van der Waals surface area contributed by atoms with Gasteiger partial charge in [0.1, 0.15) is 5.75 Å². The molecule has 4 aliphatic rings. The second kappa shape index (κ2) is 5.31. The van der Waals surface area contributed by atoms with E-state index in [4.69, 9.17) is 4.74 Å². The van der Waals surface area contributed by atoms with Crippen molar-refractivity contribution in [1.29, 1.82) is 0 Å².